The molecule has 1 atom stereocenters. The van der Waals surface area contributed by atoms with Gasteiger partial charge in [0.05, 0.1) is 0 Å². The van der Waals surface area contributed by atoms with Crippen LogP contribution in [0.5, 0.6) is 0 Å². The summed E-state index contributed by atoms with van der Waals surface area (Å²) < 4.78 is 3.75. The van der Waals surface area contributed by atoms with E-state index in [1.54, 1.807) is 0 Å². The highest BCUT2D eigenvalue weighted by Crippen LogP contribution is 2.11. The minimum atomic E-state index is -0.847. The summed E-state index contributed by atoms with van der Waals surface area (Å²) >= 11 is 0. The SMILES string of the molecule is CCCCc1n(CC(=O)O)c(CC)c[n+]1C(C)C#N. The number of hydrogen-bond donors (Lipinski definition) is 1. The van der Waals surface area contributed by atoms with Crippen LogP contribution in [0.25, 0.3) is 0 Å². The summed E-state index contributed by atoms with van der Waals surface area (Å²) in [7, 11) is 0. The highest BCUT2D eigenvalue weighted by Gasteiger charge is 2.26. The van der Waals surface area contributed by atoms with Gasteiger partial charge in [-0.1, -0.05) is 20.3 Å². The summed E-state index contributed by atoms with van der Waals surface area (Å²) in [5.41, 5.74) is 0.968. The van der Waals surface area contributed by atoms with Crippen molar-refractivity contribution in [3.8, 4) is 6.07 Å². The average molecular weight is 264 g/mol. The Labute approximate surface area is 114 Å². The maximum atomic E-state index is 11.0. The zero-order valence-corrected chi connectivity index (χ0v) is 11.9. The molecule has 0 bridgehead atoms. The van der Waals surface area contributed by atoms with Crippen molar-refractivity contribution in [2.75, 3.05) is 0 Å². The number of carboxylic acids is 1. The van der Waals surface area contributed by atoms with E-state index in [2.05, 4.69) is 13.0 Å². The van der Waals surface area contributed by atoms with Crippen molar-refractivity contribution < 1.29 is 14.5 Å². The first-order valence-electron chi connectivity index (χ1n) is 6.78. The van der Waals surface area contributed by atoms with Gasteiger partial charge >= 0.3 is 5.97 Å². The van der Waals surface area contributed by atoms with E-state index in [-0.39, 0.29) is 12.6 Å². The molecule has 104 valence electrons. The van der Waals surface area contributed by atoms with Gasteiger partial charge in [-0.2, -0.15) is 5.26 Å². The van der Waals surface area contributed by atoms with Gasteiger partial charge in [0.2, 0.25) is 0 Å². The summed E-state index contributed by atoms with van der Waals surface area (Å²) in [6, 6.07) is 1.95. The monoisotopic (exact) mass is 264 g/mol. The minimum absolute atomic E-state index is 0.0344. The van der Waals surface area contributed by atoms with Crippen LogP contribution in [0.1, 0.15) is 51.2 Å². The van der Waals surface area contributed by atoms with Crippen molar-refractivity contribution in [2.45, 2.75) is 59.0 Å². The van der Waals surface area contributed by atoms with Crippen molar-refractivity contribution in [1.29, 1.82) is 5.26 Å². The molecular weight excluding hydrogens is 242 g/mol. The molecule has 1 aromatic rings. The van der Waals surface area contributed by atoms with Gasteiger partial charge in [-0.05, 0) is 13.3 Å². The van der Waals surface area contributed by atoms with Crippen LogP contribution in [0, 0.1) is 11.3 Å². The van der Waals surface area contributed by atoms with E-state index in [1.165, 1.54) is 0 Å². The van der Waals surface area contributed by atoms with Crippen LogP contribution in [0.4, 0.5) is 0 Å². The van der Waals surface area contributed by atoms with E-state index in [4.69, 9.17) is 10.4 Å². The Hall–Kier alpha value is -1.83. The van der Waals surface area contributed by atoms with Gasteiger partial charge in [0.15, 0.2) is 12.6 Å². The lowest BCUT2D eigenvalue weighted by atomic mass is 10.2. The number of nitriles is 1. The number of unbranched alkanes of at least 4 members (excludes halogenated alkanes) is 1. The number of imidazole rings is 1. The molecular formula is C14H22N3O2+. The lowest BCUT2D eigenvalue weighted by Gasteiger charge is -2.05. The number of rotatable bonds is 7. The van der Waals surface area contributed by atoms with Crippen LogP contribution in [0.2, 0.25) is 0 Å². The molecule has 1 unspecified atom stereocenters. The molecule has 19 heavy (non-hydrogen) atoms. The number of hydrogen-bond acceptors (Lipinski definition) is 2. The Morgan fingerprint density at radius 3 is 2.74 bits per heavy atom. The highest BCUT2D eigenvalue weighted by molar-refractivity contribution is 5.66. The Bertz CT molecular complexity index is 486. The van der Waals surface area contributed by atoms with Gasteiger partial charge in [0.1, 0.15) is 18.0 Å². The van der Waals surface area contributed by atoms with Gasteiger partial charge < -0.3 is 5.11 Å². The second-order valence-electron chi connectivity index (χ2n) is 4.69. The molecule has 0 saturated heterocycles. The van der Waals surface area contributed by atoms with Crippen LogP contribution in [-0.4, -0.2) is 15.6 Å². The van der Waals surface area contributed by atoms with Crippen LogP contribution in [0.15, 0.2) is 6.20 Å². The van der Waals surface area contributed by atoms with E-state index < -0.39 is 5.97 Å². The van der Waals surface area contributed by atoms with Crippen molar-refractivity contribution in [1.82, 2.24) is 4.57 Å². The molecule has 1 rings (SSSR count). The van der Waals surface area contributed by atoms with E-state index in [9.17, 15) is 4.79 Å². The summed E-state index contributed by atoms with van der Waals surface area (Å²) in [6.45, 7) is 5.90. The molecule has 1 N–H and O–H groups in total. The fourth-order valence-corrected chi connectivity index (χ4v) is 2.22. The Balaban J connectivity index is 3.27. The molecule has 0 fully saturated rings. The summed E-state index contributed by atoms with van der Waals surface area (Å²) in [4.78, 5) is 11.0. The maximum Gasteiger partial charge on any atom is 0.346 e. The van der Waals surface area contributed by atoms with Gasteiger partial charge in [-0.3, -0.25) is 0 Å². The zero-order chi connectivity index (χ0) is 14.4. The fraction of sp³-hybridized carbons (Fsp3) is 0.643. The number of carboxylic acid groups (broad SMARTS) is 1. The molecule has 0 aromatic carbocycles. The van der Waals surface area contributed by atoms with Crippen molar-refractivity contribution in [3.05, 3.63) is 17.7 Å². The zero-order valence-electron chi connectivity index (χ0n) is 11.9. The van der Waals surface area contributed by atoms with Gasteiger partial charge in [0.25, 0.3) is 5.82 Å². The third kappa shape index (κ3) is 3.57. The number of nitrogens with zero attached hydrogens (tertiary/aromatic N) is 3. The third-order valence-electron chi connectivity index (χ3n) is 3.26. The molecule has 0 radical (unpaired) electrons. The van der Waals surface area contributed by atoms with Crippen LogP contribution >= 0.6 is 0 Å². The number of aliphatic carboxylic acids is 1. The molecule has 1 aromatic heterocycles. The second-order valence-corrected chi connectivity index (χ2v) is 4.69. The predicted molar refractivity (Wildman–Crippen MR) is 70.6 cm³/mol. The normalized spacial score (nSPS) is 12.1. The lowest BCUT2D eigenvalue weighted by Crippen LogP contribution is -2.40. The number of carbonyl (C=O) groups is 1. The molecule has 0 saturated carbocycles. The summed E-state index contributed by atoms with van der Waals surface area (Å²) in [5.74, 6) is 0.0926. The molecule has 1 heterocycles. The quantitative estimate of drug-likeness (QED) is 0.764. The number of aromatic nitrogens is 2. The molecule has 0 spiro atoms. The van der Waals surface area contributed by atoms with E-state index in [0.717, 1.165) is 37.2 Å². The van der Waals surface area contributed by atoms with Crippen LogP contribution in [-0.2, 0) is 24.2 Å². The Kier molecular flexibility index (Phi) is 5.56. The second kappa shape index (κ2) is 6.93. The third-order valence-corrected chi connectivity index (χ3v) is 3.26. The van der Waals surface area contributed by atoms with Crippen molar-refractivity contribution in [2.24, 2.45) is 0 Å². The molecule has 0 aliphatic heterocycles. The van der Waals surface area contributed by atoms with Gasteiger partial charge in [-0.15, -0.1) is 0 Å². The molecule has 0 aliphatic carbocycles. The van der Waals surface area contributed by atoms with Gasteiger partial charge in [0, 0.05) is 12.8 Å². The molecule has 0 amide bonds. The van der Waals surface area contributed by atoms with E-state index in [1.807, 2.05) is 29.2 Å². The summed E-state index contributed by atoms with van der Waals surface area (Å²) in [5, 5.41) is 18.1. The topological polar surface area (TPSA) is 69.9 Å². The lowest BCUT2D eigenvalue weighted by molar-refractivity contribution is -0.713. The van der Waals surface area contributed by atoms with Crippen molar-refractivity contribution in [3.63, 3.8) is 0 Å². The maximum absolute atomic E-state index is 11.0. The fourth-order valence-electron chi connectivity index (χ4n) is 2.22. The first-order valence-corrected chi connectivity index (χ1v) is 6.78. The molecule has 5 heteroatoms. The predicted octanol–water partition coefficient (Wildman–Crippen LogP) is 1.85. The first kappa shape index (κ1) is 15.2. The highest BCUT2D eigenvalue weighted by atomic mass is 16.4. The molecule has 5 nitrogen and oxygen atoms in total. The van der Waals surface area contributed by atoms with Crippen LogP contribution in [0.3, 0.4) is 0 Å². The van der Waals surface area contributed by atoms with Crippen LogP contribution < -0.4 is 4.57 Å². The number of aryl methyl sites for hydroxylation is 1. The Morgan fingerprint density at radius 1 is 1.58 bits per heavy atom. The van der Waals surface area contributed by atoms with E-state index in [0.29, 0.717) is 0 Å². The van der Waals surface area contributed by atoms with Gasteiger partial charge in [-0.25, -0.2) is 13.9 Å². The van der Waals surface area contributed by atoms with E-state index >= 15 is 0 Å². The standard InChI is InChI=1S/C14H21N3O2/c1-4-6-7-13-16(11(3)8-15)9-12(5-2)17(13)10-14(18)19/h9,11H,4-7,10H2,1-3H3/p+1. The minimum Gasteiger partial charge on any atom is -0.478 e. The Morgan fingerprint density at radius 2 is 2.26 bits per heavy atom. The largest absolute Gasteiger partial charge is 0.478 e. The van der Waals surface area contributed by atoms with Crippen molar-refractivity contribution >= 4 is 5.97 Å². The smallest absolute Gasteiger partial charge is 0.346 e. The first-order chi connectivity index (χ1) is 9.04. The summed E-state index contributed by atoms with van der Waals surface area (Å²) in [6.07, 6.45) is 5.51. The average Bonchev–Trinajstić information content (AvgIpc) is 2.72. The molecule has 0 aliphatic rings.